The van der Waals surface area contributed by atoms with E-state index in [4.69, 9.17) is 15.2 Å². The molecule has 5 heteroatoms. The number of hydrogen-bond donors (Lipinski definition) is 1. The molecule has 0 spiro atoms. The molecule has 102 valence electrons. The van der Waals surface area contributed by atoms with Gasteiger partial charge >= 0.3 is 0 Å². The predicted octanol–water partition coefficient (Wildman–Crippen LogP) is 1.79. The molecule has 2 aromatic rings. The standard InChI is InChI=1S/C14H19N3O2/c1-9-11(8-16-17(9)2)14(15)10-5-6-12(18-3)13(7-10)19-4/h5-8,14H,15H2,1-4H3. The molecule has 0 saturated carbocycles. The number of ether oxygens (including phenoxy) is 2. The van der Waals surface area contributed by atoms with E-state index in [9.17, 15) is 0 Å². The Morgan fingerprint density at radius 1 is 1.21 bits per heavy atom. The molecule has 0 radical (unpaired) electrons. The molecule has 1 atom stereocenters. The van der Waals surface area contributed by atoms with Crippen molar-refractivity contribution in [2.45, 2.75) is 13.0 Å². The number of rotatable bonds is 4. The quantitative estimate of drug-likeness (QED) is 0.911. The lowest BCUT2D eigenvalue weighted by atomic mass is 10.00. The summed E-state index contributed by atoms with van der Waals surface area (Å²) in [5.41, 5.74) is 9.33. The average Bonchev–Trinajstić information content (AvgIpc) is 2.77. The lowest BCUT2D eigenvalue weighted by Gasteiger charge is -2.15. The molecule has 0 aliphatic heterocycles. The fourth-order valence-electron chi connectivity index (χ4n) is 2.05. The SMILES string of the molecule is COc1ccc(C(N)c2cnn(C)c2C)cc1OC. The number of nitrogens with zero attached hydrogens (tertiary/aromatic N) is 2. The third-order valence-electron chi connectivity index (χ3n) is 3.37. The zero-order chi connectivity index (χ0) is 14.0. The maximum absolute atomic E-state index is 6.30. The highest BCUT2D eigenvalue weighted by Gasteiger charge is 2.16. The third kappa shape index (κ3) is 2.42. The van der Waals surface area contributed by atoms with Crippen molar-refractivity contribution in [2.75, 3.05) is 14.2 Å². The van der Waals surface area contributed by atoms with E-state index in [1.54, 1.807) is 20.4 Å². The maximum atomic E-state index is 6.30. The van der Waals surface area contributed by atoms with Crippen LogP contribution in [-0.2, 0) is 7.05 Å². The molecule has 0 aliphatic carbocycles. The summed E-state index contributed by atoms with van der Waals surface area (Å²) in [6, 6.07) is 5.47. The van der Waals surface area contributed by atoms with Crippen molar-refractivity contribution in [3.05, 3.63) is 41.2 Å². The van der Waals surface area contributed by atoms with E-state index in [1.165, 1.54) is 0 Å². The van der Waals surface area contributed by atoms with E-state index in [2.05, 4.69) is 5.10 Å². The molecule has 0 fully saturated rings. The normalized spacial score (nSPS) is 12.3. The molecule has 2 N–H and O–H groups in total. The van der Waals surface area contributed by atoms with Crippen LogP contribution in [0.1, 0.15) is 22.9 Å². The van der Waals surface area contributed by atoms with E-state index < -0.39 is 0 Å². The predicted molar refractivity (Wildman–Crippen MR) is 73.5 cm³/mol. The van der Waals surface area contributed by atoms with E-state index in [0.717, 1.165) is 16.8 Å². The van der Waals surface area contributed by atoms with Crippen LogP contribution < -0.4 is 15.2 Å². The summed E-state index contributed by atoms with van der Waals surface area (Å²) < 4.78 is 12.3. The Balaban J connectivity index is 2.39. The van der Waals surface area contributed by atoms with Gasteiger partial charge in [0.1, 0.15) is 0 Å². The lowest BCUT2D eigenvalue weighted by Crippen LogP contribution is -2.13. The van der Waals surface area contributed by atoms with Gasteiger partial charge in [-0.25, -0.2) is 0 Å². The second-order valence-corrected chi connectivity index (χ2v) is 4.40. The van der Waals surface area contributed by atoms with Crippen LogP contribution in [0.4, 0.5) is 0 Å². The highest BCUT2D eigenvalue weighted by Crippen LogP contribution is 2.31. The van der Waals surface area contributed by atoms with Crippen molar-refractivity contribution >= 4 is 0 Å². The van der Waals surface area contributed by atoms with Crippen LogP contribution in [-0.4, -0.2) is 24.0 Å². The Bertz CT molecular complexity index is 578. The summed E-state index contributed by atoms with van der Waals surface area (Å²) >= 11 is 0. The molecular weight excluding hydrogens is 242 g/mol. The zero-order valence-corrected chi connectivity index (χ0v) is 11.7. The van der Waals surface area contributed by atoms with Crippen LogP contribution in [0, 0.1) is 6.92 Å². The van der Waals surface area contributed by atoms with Crippen LogP contribution in [0.3, 0.4) is 0 Å². The van der Waals surface area contributed by atoms with E-state index in [1.807, 2.05) is 36.9 Å². The molecule has 19 heavy (non-hydrogen) atoms. The summed E-state index contributed by atoms with van der Waals surface area (Å²) in [5.74, 6) is 1.37. The van der Waals surface area contributed by atoms with Crippen molar-refractivity contribution in [1.82, 2.24) is 9.78 Å². The van der Waals surface area contributed by atoms with Crippen LogP contribution in [0.25, 0.3) is 0 Å². The number of aryl methyl sites for hydroxylation is 1. The molecule has 0 amide bonds. The summed E-state index contributed by atoms with van der Waals surface area (Å²) in [4.78, 5) is 0. The summed E-state index contributed by atoms with van der Waals surface area (Å²) in [6.07, 6.45) is 1.80. The van der Waals surface area contributed by atoms with E-state index >= 15 is 0 Å². The Hall–Kier alpha value is -2.01. The first kappa shape index (κ1) is 13.4. The highest BCUT2D eigenvalue weighted by molar-refractivity contribution is 5.45. The Labute approximate surface area is 112 Å². The number of hydrogen-bond acceptors (Lipinski definition) is 4. The van der Waals surface area contributed by atoms with Gasteiger partial charge in [0, 0.05) is 18.3 Å². The summed E-state index contributed by atoms with van der Waals surface area (Å²) in [6.45, 7) is 2.00. The van der Waals surface area contributed by atoms with Gasteiger partial charge in [0.25, 0.3) is 0 Å². The van der Waals surface area contributed by atoms with Crippen LogP contribution >= 0.6 is 0 Å². The van der Waals surface area contributed by atoms with Crippen molar-refractivity contribution < 1.29 is 9.47 Å². The monoisotopic (exact) mass is 261 g/mol. The van der Waals surface area contributed by atoms with Gasteiger partial charge in [-0.15, -0.1) is 0 Å². The topological polar surface area (TPSA) is 62.3 Å². The van der Waals surface area contributed by atoms with Gasteiger partial charge in [-0.05, 0) is 24.6 Å². The van der Waals surface area contributed by atoms with Gasteiger partial charge in [-0.2, -0.15) is 5.10 Å². The number of nitrogens with two attached hydrogens (primary N) is 1. The highest BCUT2D eigenvalue weighted by atomic mass is 16.5. The minimum atomic E-state index is -0.228. The molecule has 1 heterocycles. The Morgan fingerprint density at radius 2 is 1.89 bits per heavy atom. The minimum Gasteiger partial charge on any atom is -0.493 e. The van der Waals surface area contributed by atoms with E-state index in [0.29, 0.717) is 11.5 Å². The Kier molecular flexibility index (Phi) is 3.76. The first-order valence-electron chi connectivity index (χ1n) is 6.04. The maximum Gasteiger partial charge on any atom is 0.161 e. The number of benzene rings is 1. The molecular formula is C14H19N3O2. The van der Waals surface area contributed by atoms with E-state index in [-0.39, 0.29) is 6.04 Å². The lowest BCUT2D eigenvalue weighted by molar-refractivity contribution is 0.354. The van der Waals surface area contributed by atoms with Crippen molar-refractivity contribution in [1.29, 1.82) is 0 Å². The van der Waals surface area contributed by atoms with Crippen LogP contribution in [0.15, 0.2) is 24.4 Å². The Morgan fingerprint density at radius 3 is 2.42 bits per heavy atom. The van der Waals surface area contributed by atoms with Gasteiger partial charge in [0.15, 0.2) is 11.5 Å². The fraction of sp³-hybridized carbons (Fsp3) is 0.357. The molecule has 1 aromatic carbocycles. The molecule has 2 rings (SSSR count). The first-order chi connectivity index (χ1) is 9.08. The summed E-state index contributed by atoms with van der Waals surface area (Å²) in [7, 11) is 5.13. The molecule has 0 bridgehead atoms. The first-order valence-corrected chi connectivity index (χ1v) is 6.04. The van der Waals surface area contributed by atoms with Crippen LogP contribution in [0.5, 0.6) is 11.5 Å². The average molecular weight is 261 g/mol. The summed E-state index contributed by atoms with van der Waals surface area (Å²) in [5, 5.41) is 4.22. The largest absolute Gasteiger partial charge is 0.493 e. The molecule has 1 unspecified atom stereocenters. The van der Waals surface area contributed by atoms with Crippen molar-refractivity contribution in [3.8, 4) is 11.5 Å². The third-order valence-corrected chi connectivity index (χ3v) is 3.37. The minimum absolute atomic E-state index is 0.228. The molecule has 0 aliphatic rings. The van der Waals surface area contributed by atoms with Gasteiger partial charge < -0.3 is 15.2 Å². The van der Waals surface area contributed by atoms with Gasteiger partial charge in [0.05, 0.1) is 26.5 Å². The van der Waals surface area contributed by atoms with Crippen molar-refractivity contribution in [2.24, 2.45) is 12.8 Å². The van der Waals surface area contributed by atoms with Gasteiger partial charge in [-0.1, -0.05) is 6.07 Å². The number of aromatic nitrogens is 2. The second kappa shape index (κ2) is 5.32. The smallest absolute Gasteiger partial charge is 0.161 e. The van der Waals surface area contributed by atoms with Crippen LogP contribution in [0.2, 0.25) is 0 Å². The number of methoxy groups -OCH3 is 2. The molecule has 0 saturated heterocycles. The van der Waals surface area contributed by atoms with Crippen molar-refractivity contribution in [3.63, 3.8) is 0 Å². The molecule has 1 aromatic heterocycles. The van der Waals surface area contributed by atoms with Gasteiger partial charge in [-0.3, -0.25) is 4.68 Å². The fourth-order valence-corrected chi connectivity index (χ4v) is 2.05. The second-order valence-electron chi connectivity index (χ2n) is 4.40. The zero-order valence-electron chi connectivity index (χ0n) is 11.7. The molecule has 5 nitrogen and oxygen atoms in total. The van der Waals surface area contributed by atoms with Gasteiger partial charge in [0.2, 0.25) is 0 Å².